The minimum Gasteiger partial charge on any atom is -0.493 e. The van der Waals surface area contributed by atoms with E-state index in [1.54, 1.807) is 21.8 Å². The minimum absolute atomic E-state index is 0.0544. The molecule has 1 aliphatic rings. The van der Waals surface area contributed by atoms with Crippen LogP contribution in [0.25, 0.3) is 0 Å². The molecule has 8 heteroatoms. The summed E-state index contributed by atoms with van der Waals surface area (Å²) in [5.74, 6) is 0.227. The number of ketones is 1. The summed E-state index contributed by atoms with van der Waals surface area (Å²) < 4.78 is 8.61. The normalized spacial score (nSPS) is 15.2. The van der Waals surface area contributed by atoms with Crippen molar-refractivity contribution in [3.63, 3.8) is 0 Å². The molecule has 0 aliphatic carbocycles. The minimum atomic E-state index is -0.225. The molecule has 0 unspecified atom stereocenters. The van der Waals surface area contributed by atoms with Crippen LogP contribution in [0.4, 0.5) is 0 Å². The number of hydrogen-bond acceptors (Lipinski definition) is 6. The van der Waals surface area contributed by atoms with Crippen molar-refractivity contribution in [2.45, 2.75) is 25.9 Å². The molecule has 2 aromatic rings. The van der Waals surface area contributed by atoms with Crippen molar-refractivity contribution in [1.29, 1.82) is 0 Å². The maximum Gasteiger partial charge on any atom is 0.236 e. The number of nitrogens with zero attached hydrogens (tertiary/aromatic N) is 5. The predicted octanol–water partition coefficient (Wildman–Crippen LogP) is 0.439. The van der Waals surface area contributed by atoms with Crippen LogP contribution in [0.5, 0.6) is 5.75 Å². The number of aromatic nitrogens is 5. The Bertz CT molecular complexity index is 655. The molecule has 0 bridgehead atoms. The summed E-state index contributed by atoms with van der Waals surface area (Å²) in [7, 11) is 1.52. The lowest BCUT2D eigenvalue weighted by Gasteiger charge is -2.26. The molecule has 0 amide bonds. The molecule has 3 heterocycles. The SMILES string of the molecule is COc1cnn(C(C)C)c1C(=O)c1cn(C2CNC2)nn1. The standard InChI is InChI=1S/C13H18N6O2/c1-8(2)19-12(11(21-3)6-15-19)13(20)10-7-18(17-16-10)9-4-14-5-9/h6-9,14H,4-5H2,1-3H3. The smallest absolute Gasteiger partial charge is 0.236 e. The van der Waals surface area contributed by atoms with E-state index in [-0.39, 0.29) is 17.9 Å². The third-order valence-corrected chi connectivity index (χ3v) is 3.56. The zero-order valence-electron chi connectivity index (χ0n) is 12.3. The highest BCUT2D eigenvalue weighted by molar-refractivity contribution is 6.08. The van der Waals surface area contributed by atoms with E-state index in [2.05, 4.69) is 20.7 Å². The predicted molar refractivity (Wildman–Crippen MR) is 74.5 cm³/mol. The van der Waals surface area contributed by atoms with Crippen molar-refractivity contribution in [3.05, 3.63) is 23.8 Å². The molecule has 21 heavy (non-hydrogen) atoms. The molecule has 0 aromatic carbocycles. The molecule has 0 spiro atoms. The Morgan fingerprint density at radius 3 is 2.81 bits per heavy atom. The van der Waals surface area contributed by atoms with Crippen LogP contribution < -0.4 is 10.1 Å². The fourth-order valence-corrected chi connectivity index (χ4v) is 2.24. The van der Waals surface area contributed by atoms with E-state index in [0.29, 0.717) is 17.1 Å². The van der Waals surface area contributed by atoms with Gasteiger partial charge in [0.25, 0.3) is 0 Å². The van der Waals surface area contributed by atoms with Crippen molar-refractivity contribution in [1.82, 2.24) is 30.1 Å². The zero-order valence-corrected chi connectivity index (χ0v) is 12.3. The quantitative estimate of drug-likeness (QED) is 0.804. The third-order valence-electron chi connectivity index (χ3n) is 3.56. The first-order valence-electron chi connectivity index (χ1n) is 6.90. The van der Waals surface area contributed by atoms with E-state index in [0.717, 1.165) is 13.1 Å². The van der Waals surface area contributed by atoms with Crippen LogP contribution in [-0.4, -0.2) is 50.8 Å². The zero-order chi connectivity index (χ0) is 15.0. The number of rotatable bonds is 5. The largest absolute Gasteiger partial charge is 0.493 e. The highest BCUT2D eigenvalue weighted by Gasteiger charge is 2.26. The summed E-state index contributed by atoms with van der Waals surface area (Å²) in [4.78, 5) is 12.7. The summed E-state index contributed by atoms with van der Waals surface area (Å²) in [6.07, 6.45) is 3.23. The van der Waals surface area contributed by atoms with Gasteiger partial charge in [0.15, 0.2) is 17.1 Å². The van der Waals surface area contributed by atoms with Gasteiger partial charge in [0, 0.05) is 19.1 Å². The second-order valence-electron chi connectivity index (χ2n) is 5.32. The topological polar surface area (TPSA) is 86.9 Å². The second-order valence-corrected chi connectivity index (χ2v) is 5.32. The van der Waals surface area contributed by atoms with Crippen LogP contribution >= 0.6 is 0 Å². The summed E-state index contributed by atoms with van der Waals surface area (Å²) in [5, 5.41) is 15.4. The Morgan fingerprint density at radius 2 is 2.24 bits per heavy atom. The van der Waals surface area contributed by atoms with Crippen LogP contribution in [-0.2, 0) is 0 Å². The van der Waals surface area contributed by atoms with Gasteiger partial charge >= 0.3 is 0 Å². The fraction of sp³-hybridized carbons (Fsp3) is 0.538. The van der Waals surface area contributed by atoms with Gasteiger partial charge in [-0.3, -0.25) is 9.48 Å². The van der Waals surface area contributed by atoms with Gasteiger partial charge in [0.2, 0.25) is 5.78 Å². The molecule has 1 aliphatic heterocycles. The number of carbonyl (C=O) groups is 1. The van der Waals surface area contributed by atoms with Crippen molar-refractivity contribution in [3.8, 4) is 5.75 Å². The first kappa shape index (κ1) is 13.7. The van der Waals surface area contributed by atoms with Crippen LogP contribution in [0, 0.1) is 0 Å². The Labute approximate surface area is 122 Å². The van der Waals surface area contributed by atoms with Crippen LogP contribution in [0.15, 0.2) is 12.4 Å². The Hall–Kier alpha value is -2.22. The molecular formula is C13H18N6O2. The van der Waals surface area contributed by atoms with E-state index in [4.69, 9.17) is 4.74 Å². The third kappa shape index (κ3) is 2.31. The molecule has 0 radical (unpaired) electrons. The molecule has 0 saturated carbocycles. The fourth-order valence-electron chi connectivity index (χ4n) is 2.24. The van der Waals surface area contributed by atoms with Crippen LogP contribution in [0.1, 0.15) is 42.1 Å². The Kier molecular flexibility index (Phi) is 3.46. The van der Waals surface area contributed by atoms with E-state index < -0.39 is 0 Å². The van der Waals surface area contributed by atoms with E-state index in [9.17, 15) is 4.79 Å². The molecular weight excluding hydrogens is 272 g/mol. The summed E-state index contributed by atoms with van der Waals surface area (Å²) in [6, 6.07) is 0.328. The molecule has 2 aromatic heterocycles. The lowest BCUT2D eigenvalue weighted by atomic mass is 10.2. The average Bonchev–Trinajstić information content (AvgIpc) is 3.01. The lowest BCUT2D eigenvalue weighted by Crippen LogP contribution is -2.43. The van der Waals surface area contributed by atoms with Gasteiger partial charge in [0.1, 0.15) is 0 Å². The maximum atomic E-state index is 12.7. The number of nitrogens with one attached hydrogen (secondary N) is 1. The highest BCUT2D eigenvalue weighted by Crippen LogP contribution is 2.23. The first-order valence-corrected chi connectivity index (χ1v) is 6.90. The monoisotopic (exact) mass is 290 g/mol. The second kappa shape index (κ2) is 5.28. The van der Waals surface area contributed by atoms with Crippen molar-refractivity contribution < 1.29 is 9.53 Å². The van der Waals surface area contributed by atoms with Gasteiger partial charge in [-0.2, -0.15) is 5.10 Å². The highest BCUT2D eigenvalue weighted by atomic mass is 16.5. The Balaban J connectivity index is 1.94. The maximum absolute atomic E-state index is 12.7. The van der Waals surface area contributed by atoms with Crippen molar-refractivity contribution >= 4 is 5.78 Å². The molecule has 1 saturated heterocycles. The summed E-state index contributed by atoms with van der Waals surface area (Å²) in [5.41, 5.74) is 0.717. The number of methoxy groups -OCH3 is 1. The van der Waals surface area contributed by atoms with Gasteiger partial charge in [-0.15, -0.1) is 5.10 Å². The van der Waals surface area contributed by atoms with Crippen LogP contribution in [0.2, 0.25) is 0 Å². The van der Waals surface area contributed by atoms with Gasteiger partial charge in [0.05, 0.1) is 25.5 Å². The summed E-state index contributed by atoms with van der Waals surface area (Å²) >= 11 is 0. The first-order chi connectivity index (χ1) is 10.1. The van der Waals surface area contributed by atoms with Gasteiger partial charge < -0.3 is 10.1 Å². The molecule has 3 rings (SSSR count). The summed E-state index contributed by atoms with van der Waals surface area (Å²) in [6.45, 7) is 5.62. The number of carbonyl (C=O) groups excluding carboxylic acids is 1. The number of hydrogen-bond donors (Lipinski definition) is 1. The lowest BCUT2D eigenvalue weighted by molar-refractivity contribution is 0.101. The van der Waals surface area contributed by atoms with E-state index in [1.807, 2.05) is 13.8 Å². The van der Waals surface area contributed by atoms with Gasteiger partial charge in [-0.1, -0.05) is 5.21 Å². The van der Waals surface area contributed by atoms with Crippen molar-refractivity contribution in [2.24, 2.45) is 0 Å². The van der Waals surface area contributed by atoms with E-state index in [1.165, 1.54) is 7.11 Å². The van der Waals surface area contributed by atoms with Crippen LogP contribution in [0.3, 0.4) is 0 Å². The molecule has 1 N–H and O–H groups in total. The average molecular weight is 290 g/mol. The van der Waals surface area contributed by atoms with Gasteiger partial charge in [-0.25, -0.2) is 4.68 Å². The van der Waals surface area contributed by atoms with Gasteiger partial charge in [-0.05, 0) is 13.8 Å². The number of ether oxygens (including phenoxy) is 1. The van der Waals surface area contributed by atoms with E-state index >= 15 is 0 Å². The molecule has 1 fully saturated rings. The Morgan fingerprint density at radius 1 is 1.48 bits per heavy atom. The molecule has 8 nitrogen and oxygen atoms in total. The molecule has 0 atom stereocenters. The van der Waals surface area contributed by atoms with Crippen molar-refractivity contribution in [2.75, 3.05) is 20.2 Å². The molecule has 112 valence electrons.